The van der Waals surface area contributed by atoms with Gasteiger partial charge in [-0.25, -0.2) is 4.39 Å². The third-order valence-corrected chi connectivity index (χ3v) is 5.38. The lowest BCUT2D eigenvalue weighted by molar-refractivity contribution is -0.135. The van der Waals surface area contributed by atoms with Crippen LogP contribution in [0.5, 0.6) is 5.75 Å². The van der Waals surface area contributed by atoms with Gasteiger partial charge in [0, 0.05) is 0 Å². The molecule has 1 N–H and O–H groups in total. The number of benzene rings is 3. The highest BCUT2D eigenvalue weighted by Crippen LogP contribution is 2.45. The zero-order valence-electron chi connectivity index (χ0n) is 17.3. The SMILES string of the molecule is CCC1=C(CC(=O)O)c2cc(F)ccc2/C1=C\c1cccc(COc2ccccc2)c1. The fraction of sp³-hybridized carbons (Fsp3) is 0.148. The highest BCUT2D eigenvalue weighted by molar-refractivity contribution is 6.07. The summed E-state index contributed by atoms with van der Waals surface area (Å²) in [7, 11) is 0. The molecule has 0 heterocycles. The van der Waals surface area contributed by atoms with Gasteiger partial charge in [0.05, 0.1) is 6.42 Å². The summed E-state index contributed by atoms with van der Waals surface area (Å²) in [5.74, 6) is -0.469. The predicted octanol–water partition coefficient (Wildman–Crippen LogP) is 6.60. The Balaban J connectivity index is 1.69. The summed E-state index contributed by atoms with van der Waals surface area (Å²) in [6, 6.07) is 22.3. The number of halogens is 1. The average Bonchev–Trinajstić information content (AvgIpc) is 3.04. The van der Waals surface area contributed by atoms with Crippen LogP contribution in [0.15, 0.2) is 78.4 Å². The van der Waals surface area contributed by atoms with Crippen LogP contribution in [0.3, 0.4) is 0 Å². The van der Waals surface area contributed by atoms with Crippen molar-refractivity contribution in [2.45, 2.75) is 26.4 Å². The topological polar surface area (TPSA) is 46.5 Å². The van der Waals surface area contributed by atoms with Gasteiger partial charge in [0.2, 0.25) is 0 Å². The van der Waals surface area contributed by atoms with E-state index in [0.29, 0.717) is 24.2 Å². The zero-order valence-corrected chi connectivity index (χ0v) is 17.3. The van der Waals surface area contributed by atoms with Gasteiger partial charge in [0.1, 0.15) is 18.2 Å². The largest absolute Gasteiger partial charge is 0.489 e. The summed E-state index contributed by atoms with van der Waals surface area (Å²) < 4.78 is 19.8. The predicted molar refractivity (Wildman–Crippen MR) is 121 cm³/mol. The molecule has 31 heavy (non-hydrogen) atoms. The van der Waals surface area contributed by atoms with Gasteiger partial charge >= 0.3 is 5.97 Å². The normalized spacial score (nSPS) is 14.1. The minimum atomic E-state index is -0.919. The van der Waals surface area contributed by atoms with Gasteiger partial charge in [-0.1, -0.05) is 49.4 Å². The van der Waals surface area contributed by atoms with E-state index in [-0.39, 0.29) is 12.2 Å². The highest BCUT2D eigenvalue weighted by Gasteiger charge is 2.27. The molecule has 1 aliphatic carbocycles. The number of ether oxygens (including phenoxy) is 1. The molecule has 0 bridgehead atoms. The van der Waals surface area contributed by atoms with Gasteiger partial charge in [-0.05, 0) is 81.8 Å². The molecule has 0 atom stereocenters. The molecule has 4 heteroatoms. The first-order valence-electron chi connectivity index (χ1n) is 10.3. The first-order chi connectivity index (χ1) is 15.0. The summed E-state index contributed by atoms with van der Waals surface area (Å²) in [6.45, 7) is 2.45. The van der Waals surface area contributed by atoms with Crippen LogP contribution < -0.4 is 4.74 Å². The maximum atomic E-state index is 13.9. The third-order valence-electron chi connectivity index (χ3n) is 5.38. The minimum Gasteiger partial charge on any atom is -0.489 e. The Morgan fingerprint density at radius 2 is 1.77 bits per heavy atom. The number of allylic oxidation sites excluding steroid dienone is 2. The molecule has 0 aliphatic heterocycles. The van der Waals surface area contributed by atoms with Crippen molar-refractivity contribution in [3.63, 3.8) is 0 Å². The first kappa shape index (κ1) is 20.6. The Labute approximate surface area is 181 Å². The standard InChI is InChI=1S/C27H23FO3/c1-2-22-24(23-12-11-20(28)15-25(23)26(22)16-27(29)30)14-18-7-6-8-19(13-18)17-31-21-9-4-3-5-10-21/h3-15H,2,16-17H2,1H3,(H,29,30)/b24-14-. The van der Waals surface area contributed by atoms with Crippen LogP contribution in [0, 0.1) is 5.82 Å². The van der Waals surface area contributed by atoms with Crippen LogP contribution in [0.4, 0.5) is 4.39 Å². The van der Waals surface area contributed by atoms with E-state index in [1.807, 2.05) is 55.5 Å². The number of aliphatic carboxylic acids is 1. The average molecular weight is 414 g/mol. The van der Waals surface area contributed by atoms with Crippen molar-refractivity contribution < 1.29 is 19.0 Å². The van der Waals surface area contributed by atoms with Gasteiger partial charge in [-0.3, -0.25) is 4.79 Å². The van der Waals surface area contributed by atoms with Crippen molar-refractivity contribution in [1.29, 1.82) is 0 Å². The van der Waals surface area contributed by atoms with E-state index in [1.165, 1.54) is 12.1 Å². The Morgan fingerprint density at radius 3 is 2.52 bits per heavy atom. The molecule has 3 aromatic carbocycles. The Kier molecular flexibility index (Phi) is 5.99. The summed E-state index contributed by atoms with van der Waals surface area (Å²) in [5.41, 5.74) is 6.17. The second-order valence-corrected chi connectivity index (χ2v) is 7.48. The Hall–Kier alpha value is -3.66. The minimum absolute atomic E-state index is 0.123. The molecule has 0 saturated carbocycles. The number of carboxylic acid groups (broad SMARTS) is 1. The van der Waals surface area contributed by atoms with Crippen LogP contribution in [0.1, 0.15) is 42.0 Å². The number of hydrogen-bond acceptors (Lipinski definition) is 2. The molecule has 4 rings (SSSR count). The molecule has 0 aromatic heterocycles. The van der Waals surface area contributed by atoms with E-state index >= 15 is 0 Å². The van der Waals surface area contributed by atoms with Crippen LogP contribution in [-0.4, -0.2) is 11.1 Å². The highest BCUT2D eigenvalue weighted by atomic mass is 19.1. The maximum absolute atomic E-state index is 13.9. The number of carboxylic acids is 1. The molecule has 3 aromatic rings. The maximum Gasteiger partial charge on any atom is 0.307 e. The van der Waals surface area contributed by atoms with Crippen molar-refractivity contribution in [3.8, 4) is 5.75 Å². The summed E-state index contributed by atoms with van der Waals surface area (Å²) >= 11 is 0. The first-order valence-corrected chi connectivity index (χ1v) is 10.3. The number of para-hydroxylation sites is 1. The van der Waals surface area contributed by atoms with E-state index in [9.17, 15) is 14.3 Å². The lowest BCUT2D eigenvalue weighted by Gasteiger charge is -2.09. The molecule has 1 aliphatic rings. The van der Waals surface area contributed by atoms with Gasteiger partial charge in [0.15, 0.2) is 0 Å². The van der Waals surface area contributed by atoms with Crippen molar-refractivity contribution >= 4 is 23.2 Å². The quantitative estimate of drug-likeness (QED) is 0.474. The fourth-order valence-electron chi connectivity index (χ4n) is 4.03. The number of rotatable bonds is 7. The Morgan fingerprint density at radius 1 is 0.968 bits per heavy atom. The number of carbonyl (C=O) groups is 1. The summed E-state index contributed by atoms with van der Waals surface area (Å²) in [5, 5.41) is 9.39. The van der Waals surface area contributed by atoms with Crippen molar-refractivity contribution in [1.82, 2.24) is 0 Å². The van der Waals surface area contributed by atoms with Crippen LogP contribution >= 0.6 is 0 Å². The van der Waals surface area contributed by atoms with Crippen molar-refractivity contribution in [3.05, 3.63) is 106 Å². The fourth-order valence-corrected chi connectivity index (χ4v) is 4.03. The van der Waals surface area contributed by atoms with Crippen LogP contribution in [-0.2, 0) is 11.4 Å². The molecular weight excluding hydrogens is 391 g/mol. The van der Waals surface area contributed by atoms with Gasteiger partial charge in [-0.2, -0.15) is 0 Å². The molecule has 156 valence electrons. The number of fused-ring (bicyclic) bond motifs is 1. The molecule has 0 radical (unpaired) electrons. The zero-order chi connectivity index (χ0) is 21.8. The van der Waals surface area contributed by atoms with Crippen LogP contribution in [0.25, 0.3) is 17.2 Å². The Bertz CT molecular complexity index is 1180. The van der Waals surface area contributed by atoms with Gasteiger partial charge in [0.25, 0.3) is 0 Å². The molecule has 0 fully saturated rings. The van der Waals surface area contributed by atoms with Gasteiger partial charge in [-0.15, -0.1) is 0 Å². The third kappa shape index (κ3) is 4.58. The molecule has 0 spiro atoms. The lowest BCUT2D eigenvalue weighted by Crippen LogP contribution is -1.97. The summed E-state index contributed by atoms with van der Waals surface area (Å²) in [4.78, 5) is 11.4. The summed E-state index contributed by atoms with van der Waals surface area (Å²) in [6.07, 6.45) is 2.60. The van der Waals surface area contributed by atoms with Gasteiger partial charge < -0.3 is 9.84 Å². The van der Waals surface area contributed by atoms with Crippen LogP contribution in [0.2, 0.25) is 0 Å². The van der Waals surface area contributed by atoms with Crippen molar-refractivity contribution in [2.24, 2.45) is 0 Å². The molecular formula is C27H23FO3. The van der Waals surface area contributed by atoms with E-state index in [2.05, 4.69) is 12.1 Å². The smallest absolute Gasteiger partial charge is 0.307 e. The van der Waals surface area contributed by atoms with E-state index in [4.69, 9.17) is 4.74 Å². The van der Waals surface area contributed by atoms with E-state index in [1.54, 1.807) is 6.07 Å². The molecule has 0 unspecified atom stereocenters. The van der Waals surface area contributed by atoms with Crippen molar-refractivity contribution in [2.75, 3.05) is 0 Å². The second-order valence-electron chi connectivity index (χ2n) is 7.48. The monoisotopic (exact) mass is 414 g/mol. The second kappa shape index (κ2) is 9.00. The van der Waals surface area contributed by atoms with E-state index in [0.717, 1.165) is 33.6 Å². The lowest BCUT2D eigenvalue weighted by atomic mass is 9.97. The molecule has 0 saturated heterocycles. The molecule has 0 amide bonds. The number of hydrogen-bond donors (Lipinski definition) is 1. The van der Waals surface area contributed by atoms with E-state index < -0.39 is 5.97 Å². The molecule has 3 nitrogen and oxygen atoms in total.